The van der Waals surface area contributed by atoms with Crippen molar-refractivity contribution in [2.24, 2.45) is 0 Å². The van der Waals surface area contributed by atoms with Crippen molar-refractivity contribution >= 4 is 17.2 Å². The Morgan fingerprint density at radius 1 is 1.10 bits per heavy atom. The van der Waals surface area contributed by atoms with Crippen molar-refractivity contribution in [2.45, 2.75) is 45.6 Å². The molecule has 3 aromatic rings. The molecule has 0 aliphatic carbocycles. The summed E-state index contributed by atoms with van der Waals surface area (Å²) in [5, 5.41) is 5.81. The van der Waals surface area contributed by atoms with Crippen LogP contribution in [0.25, 0.3) is 11.3 Å². The van der Waals surface area contributed by atoms with Gasteiger partial charge in [0.1, 0.15) is 10.8 Å². The van der Waals surface area contributed by atoms with E-state index in [2.05, 4.69) is 48.2 Å². The molecule has 0 saturated carbocycles. The molecule has 0 saturated heterocycles. The largest absolute Gasteiger partial charge is 0.494 e. The van der Waals surface area contributed by atoms with E-state index >= 15 is 0 Å². The Morgan fingerprint density at radius 3 is 2.52 bits per heavy atom. The lowest BCUT2D eigenvalue weighted by Crippen LogP contribution is -2.22. The summed E-state index contributed by atoms with van der Waals surface area (Å²) < 4.78 is 5.74. The number of amides is 1. The summed E-state index contributed by atoms with van der Waals surface area (Å²) in [6.45, 7) is 7.53. The Hall–Kier alpha value is -2.73. The van der Waals surface area contributed by atoms with E-state index in [1.807, 2.05) is 29.6 Å². The van der Waals surface area contributed by atoms with Crippen LogP contribution < -0.4 is 10.1 Å². The topological polar surface area (TPSA) is 64.1 Å². The molecule has 1 aromatic carbocycles. The maximum atomic E-state index is 12.1. The zero-order chi connectivity index (χ0) is 20.7. The summed E-state index contributed by atoms with van der Waals surface area (Å²) in [5.74, 6) is 0.849. The predicted octanol–water partition coefficient (Wildman–Crippen LogP) is 4.98. The minimum absolute atomic E-state index is 0.0114. The number of hydrogen-bond acceptors (Lipinski definition) is 5. The fourth-order valence-corrected chi connectivity index (χ4v) is 3.53. The maximum Gasteiger partial charge on any atom is 0.220 e. The number of nitrogens with zero attached hydrogens (tertiary/aromatic N) is 2. The molecule has 0 aliphatic heterocycles. The molecule has 1 amide bonds. The van der Waals surface area contributed by atoms with E-state index in [1.165, 1.54) is 5.56 Å². The van der Waals surface area contributed by atoms with Gasteiger partial charge in [-0.25, -0.2) is 4.98 Å². The average molecular weight is 410 g/mol. The number of carbonyl (C=O) groups is 1. The van der Waals surface area contributed by atoms with Crippen molar-refractivity contribution in [1.29, 1.82) is 0 Å². The van der Waals surface area contributed by atoms with Crippen LogP contribution in [0.15, 0.2) is 54.2 Å². The van der Waals surface area contributed by atoms with Gasteiger partial charge in [-0.15, -0.1) is 11.3 Å². The standard InChI is InChI=1S/C23H27N3O2S/c1-23(2,3)18-6-8-19(9-7-18)28-14-4-5-21(27)25-15-22-26-20(16-29-22)17-10-12-24-13-11-17/h6-13,16H,4-5,14-15H2,1-3H3,(H,25,27). The SMILES string of the molecule is CC(C)(C)c1ccc(OCCCC(=O)NCc2nc(-c3ccncc3)cs2)cc1. The number of aromatic nitrogens is 2. The van der Waals surface area contributed by atoms with Gasteiger partial charge in [0, 0.05) is 29.8 Å². The van der Waals surface area contributed by atoms with E-state index in [1.54, 1.807) is 23.7 Å². The number of nitrogens with one attached hydrogen (secondary N) is 1. The molecule has 1 N–H and O–H groups in total. The molecule has 0 fully saturated rings. The summed E-state index contributed by atoms with van der Waals surface area (Å²) in [5.41, 5.74) is 3.35. The van der Waals surface area contributed by atoms with Crippen molar-refractivity contribution in [1.82, 2.24) is 15.3 Å². The molecule has 0 bridgehead atoms. The predicted molar refractivity (Wildman–Crippen MR) is 117 cm³/mol. The van der Waals surface area contributed by atoms with Crippen LogP contribution in [0.5, 0.6) is 5.75 Å². The lowest BCUT2D eigenvalue weighted by atomic mass is 9.87. The van der Waals surface area contributed by atoms with E-state index in [-0.39, 0.29) is 11.3 Å². The highest BCUT2D eigenvalue weighted by molar-refractivity contribution is 7.09. The number of ether oxygens (including phenoxy) is 1. The molecule has 6 heteroatoms. The fraction of sp³-hybridized carbons (Fsp3) is 0.348. The first-order valence-corrected chi connectivity index (χ1v) is 10.6. The highest BCUT2D eigenvalue weighted by Gasteiger charge is 2.13. The zero-order valence-corrected chi connectivity index (χ0v) is 18.0. The van der Waals surface area contributed by atoms with E-state index in [9.17, 15) is 4.79 Å². The Balaban J connectivity index is 1.36. The molecule has 0 aliphatic rings. The number of rotatable bonds is 8. The van der Waals surface area contributed by atoms with Gasteiger partial charge >= 0.3 is 0 Å². The van der Waals surface area contributed by atoms with E-state index < -0.39 is 0 Å². The normalized spacial score (nSPS) is 11.3. The highest BCUT2D eigenvalue weighted by Crippen LogP contribution is 2.24. The van der Waals surface area contributed by atoms with Crippen LogP contribution in [0.4, 0.5) is 0 Å². The molecule has 152 valence electrons. The third-order valence-electron chi connectivity index (χ3n) is 4.50. The van der Waals surface area contributed by atoms with Gasteiger partial charge in [-0.05, 0) is 41.7 Å². The molecule has 5 nitrogen and oxygen atoms in total. The van der Waals surface area contributed by atoms with Crippen molar-refractivity contribution in [3.05, 3.63) is 64.7 Å². The molecule has 0 spiro atoms. The van der Waals surface area contributed by atoms with Crippen molar-refractivity contribution in [2.75, 3.05) is 6.61 Å². The molecule has 3 rings (SSSR count). The third-order valence-corrected chi connectivity index (χ3v) is 5.35. The molecule has 2 heterocycles. The molecule has 0 radical (unpaired) electrons. The smallest absolute Gasteiger partial charge is 0.220 e. The zero-order valence-electron chi connectivity index (χ0n) is 17.1. The van der Waals surface area contributed by atoms with Crippen molar-refractivity contribution in [3.8, 4) is 17.0 Å². The number of thiazole rings is 1. The number of hydrogen-bond donors (Lipinski definition) is 1. The van der Waals surface area contributed by atoms with E-state index in [0.717, 1.165) is 22.0 Å². The van der Waals surface area contributed by atoms with Crippen LogP contribution in [0.1, 0.15) is 44.2 Å². The number of pyridine rings is 1. The van der Waals surface area contributed by atoms with Crippen LogP contribution in [0.3, 0.4) is 0 Å². The molecular weight excluding hydrogens is 382 g/mol. The highest BCUT2D eigenvalue weighted by atomic mass is 32.1. The van der Waals surface area contributed by atoms with Gasteiger partial charge in [0.2, 0.25) is 5.91 Å². The minimum atomic E-state index is 0.0114. The summed E-state index contributed by atoms with van der Waals surface area (Å²) in [6, 6.07) is 12.0. The van der Waals surface area contributed by atoms with Gasteiger partial charge in [0.25, 0.3) is 0 Å². The summed E-state index contributed by atoms with van der Waals surface area (Å²) in [4.78, 5) is 20.6. The summed E-state index contributed by atoms with van der Waals surface area (Å²) in [7, 11) is 0. The summed E-state index contributed by atoms with van der Waals surface area (Å²) in [6.07, 6.45) is 4.60. The van der Waals surface area contributed by atoms with Gasteiger partial charge in [-0.3, -0.25) is 9.78 Å². The monoisotopic (exact) mass is 409 g/mol. The molecule has 0 unspecified atom stereocenters. The van der Waals surface area contributed by atoms with Crippen LogP contribution in [0, 0.1) is 0 Å². The number of benzene rings is 1. The first-order chi connectivity index (χ1) is 13.9. The third kappa shape index (κ3) is 6.39. The van der Waals surface area contributed by atoms with Crippen LogP contribution in [-0.4, -0.2) is 22.5 Å². The van der Waals surface area contributed by atoms with Gasteiger partial charge in [0.05, 0.1) is 18.8 Å². The van der Waals surface area contributed by atoms with Crippen LogP contribution >= 0.6 is 11.3 Å². The Kier molecular flexibility index (Phi) is 6.99. The van der Waals surface area contributed by atoms with Crippen LogP contribution in [0.2, 0.25) is 0 Å². The lowest BCUT2D eigenvalue weighted by molar-refractivity contribution is -0.121. The van der Waals surface area contributed by atoms with Gasteiger partial charge in [-0.2, -0.15) is 0 Å². The van der Waals surface area contributed by atoms with Crippen molar-refractivity contribution < 1.29 is 9.53 Å². The molecule has 29 heavy (non-hydrogen) atoms. The van der Waals surface area contributed by atoms with Gasteiger partial charge in [-0.1, -0.05) is 32.9 Å². The lowest BCUT2D eigenvalue weighted by Gasteiger charge is -2.19. The molecular formula is C23H27N3O2S. The Labute approximate surface area is 176 Å². The second kappa shape index (κ2) is 9.65. The molecule has 2 aromatic heterocycles. The second-order valence-corrected chi connectivity index (χ2v) is 8.81. The van der Waals surface area contributed by atoms with E-state index in [4.69, 9.17) is 4.74 Å². The van der Waals surface area contributed by atoms with Crippen molar-refractivity contribution in [3.63, 3.8) is 0 Å². The first-order valence-electron chi connectivity index (χ1n) is 9.77. The molecule has 0 atom stereocenters. The van der Waals surface area contributed by atoms with Crippen LogP contribution in [-0.2, 0) is 16.8 Å². The average Bonchev–Trinajstić information content (AvgIpc) is 3.19. The van der Waals surface area contributed by atoms with Gasteiger partial charge in [0.15, 0.2) is 0 Å². The Bertz CT molecular complexity index is 915. The quantitative estimate of drug-likeness (QED) is 0.533. The minimum Gasteiger partial charge on any atom is -0.494 e. The number of carbonyl (C=O) groups excluding carboxylic acids is 1. The maximum absolute atomic E-state index is 12.1. The van der Waals surface area contributed by atoms with Gasteiger partial charge < -0.3 is 10.1 Å². The summed E-state index contributed by atoms with van der Waals surface area (Å²) >= 11 is 1.54. The first kappa shape index (κ1) is 21.0. The fourth-order valence-electron chi connectivity index (χ4n) is 2.78. The second-order valence-electron chi connectivity index (χ2n) is 7.87. The van der Waals surface area contributed by atoms with E-state index in [0.29, 0.717) is 26.0 Å². The Morgan fingerprint density at radius 2 is 1.83 bits per heavy atom.